The van der Waals surface area contributed by atoms with E-state index in [-0.39, 0.29) is 17.6 Å². The van der Waals surface area contributed by atoms with Crippen LogP contribution in [0.1, 0.15) is 46.5 Å². The number of fused-ring (bicyclic) bond motifs is 1. The Kier molecular flexibility index (Phi) is 6.82. The second-order valence-corrected chi connectivity index (χ2v) is 12.1. The lowest BCUT2D eigenvalue weighted by Gasteiger charge is -2.36. The van der Waals surface area contributed by atoms with Gasteiger partial charge in [-0.25, -0.2) is 0 Å². The Morgan fingerprint density at radius 2 is 1.82 bits per heavy atom. The Bertz CT molecular complexity index is 677. The van der Waals surface area contributed by atoms with E-state index in [4.69, 9.17) is 9.16 Å². The number of benzene rings is 1. The van der Waals surface area contributed by atoms with Gasteiger partial charge < -0.3 is 9.16 Å². The molecule has 2 fully saturated rings. The van der Waals surface area contributed by atoms with Crippen LogP contribution < -0.4 is 4.74 Å². The van der Waals surface area contributed by atoms with Crippen LogP contribution in [0.25, 0.3) is 0 Å². The molecule has 0 spiro atoms. The summed E-state index contributed by atoms with van der Waals surface area (Å²) in [5.41, 5.74) is 0.0166. The van der Waals surface area contributed by atoms with Gasteiger partial charge in [0, 0.05) is 18.3 Å². The zero-order valence-corrected chi connectivity index (χ0v) is 19.2. The van der Waals surface area contributed by atoms with Gasteiger partial charge in [-0.05, 0) is 61.7 Å². The van der Waals surface area contributed by atoms with Crippen molar-refractivity contribution in [2.45, 2.75) is 65.8 Å². The van der Waals surface area contributed by atoms with E-state index < -0.39 is 9.04 Å². The van der Waals surface area contributed by atoms with Gasteiger partial charge in [-0.1, -0.05) is 51.1 Å². The topological polar surface area (TPSA) is 35.5 Å². The fourth-order valence-electron chi connectivity index (χ4n) is 4.78. The molecule has 0 bridgehead atoms. The lowest BCUT2D eigenvalue weighted by atomic mass is 9.79. The Morgan fingerprint density at radius 1 is 1.11 bits per heavy atom. The van der Waals surface area contributed by atoms with Crippen LogP contribution in [0.4, 0.5) is 0 Å². The van der Waals surface area contributed by atoms with Gasteiger partial charge in [0.15, 0.2) is 15.3 Å². The van der Waals surface area contributed by atoms with E-state index in [1.165, 1.54) is 0 Å². The first-order valence-electron chi connectivity index (χ1n) is 10.8. The van der Waals surface area contributed by atoms with Gasteiger partial charge in [0.25, 0.3) is 0 Å². The summed E-state index contributed by atoms with van der Waals surface area (Å²) in [7, 11) is -1.28. The molecule has 154 valence electrons. The minimum atomic E-state index is -1.28. The highest BCUT2D eigenvalue weighted by Gasteiger charge is 2.43. The zero-order chi connectivity index (χ0) is 20.3. The number of allylic oxidation sites excluding steroid dienone is 1. The van der Waals surface area contributed by atoms with Crippen LogP contribution in [-0.2, 0) is 9.22 Å². The van der Waals surface area contributed by atoms with Crippen LogP contribution in [-0.4, -0.2) is 21.1 Å². The molecule has 3 rings (SSSR count). The van der Waals surface area contributed by atoms with Crippen LogP contribution in [0.15, 0.2) is 42.5 Å². The quantitative estimate of drug-likeness (QED) is 0.339. The zero-order valence-electron chi connectivity index (χ0n) is 18.1. The fraction of sp³-hybridized carbons (Fsp3) is 0.625. The number of ether oxygens (including phenoxy) is 1. The van der Waals surface area contributed by atoms with E-state index in [1.54, 1.807) is 0 Å². The summed E-state index contributed by atoms with van der Waals surface area (Å²) in [5.74, 6) is 2.89. The van der Waals surface area contributed by atoms with Gasteiger partial charge in [-0.15, -0.1) is 0 Å². The predicted molar refractivity (Wildman–Crippen MR) is 117 cm³/mol. The maximum absolute atomic E-state index is 12.1. The summed E-state index contributed by atoms with van der Waals surface area (Å²) >= 11 is 0. The van der Waals surface area contributed by atoms with Gasteiger partial charge in [-0.3, -0.25) is 4.79 Å². The van der Waals surface area contributed by atoms with Gasteiger partial charge >= 0.3 is 0 Å². The normalized spacial score (nSPS) is 27.4. The molecule has 4 heteroatoms. The van der Waals surface area contributed by atoms with E-state index in [0.717, 1.165) is 31.4 Å². The van der Waals surface area contributed by atoms with Crippen LogP contribution in [0.5, 0.6) is 5.75 Å². The third-order valence-corrected chi connectivity index (χ3v) is 7.09. The van der Waals surface area contributed by atoms with Gasteiger partial charge in [0.1, 0.15) is 11.5 Å². The van der Waals surface area contributed by atoms with E-state index in [9.17, 15) is 4.79 Å². The van der Waals surface area contributed by atoms with Crippen molar-refractivity contribution in [1.29, 1.82) is 0 Å². The molecule has 28 heavy (non-hydrogen) atoms. The molecular weight excluding hydrogens is 364 g/mol. The summed E-state index contributed by atoms with van der Waals surface area (Å²) in [6.45, 7) is 11.1. The van der Waals surface area contributed by atoms with Crippen molar-refractivity contribution in [3.05, 3.63) is 42.5 Å². The molecule has 2 aliphatic rings. The number of carbonyl (C=O) groups is 1. The Morgan fingerprint density at radius 3 is 2.46 bits per heavy atom. The average molecular weight is 401 g/mol. The first-order valence-corrected chi connectivity index (χ1v) is 13.6. The second-order valence-electron chi connectivity index (χ2n) is 9.78. The number of ketones is 1. The highest BCUT2D eigenvalue weighted by Crippen LogP contribution is 2.46. The van der Waals surface area contributed by atoms with Gasteiger partial charge in [0.2, 0.25) is 0 Å². The molecule has 5 unspecified atom stereocenters. The summed E-state index contributed by atoms with van der Waals surface area (Å²) in [4.78, 5) is 12.1. The molecule has 1 aromatic carbocycles. The molecule has 0 aliphatic heterocycles. The summed E-state index contributed by atoms with van der Waals surface area (Å²) in [6, 6.07) is 9.98. The minimum Gasteiger partial charge on any atom is -0.465 e. The standard InChI is InChI=1S/C24H36O3Si/c1-24(2,3)21(15-12-17-11-13-20-19(17)14-16-22(20)25)23(27-28(4)5)26-18-9-7-6-8-10-18/h6-10,12,15,17,19-21,23,28H,11,13-14,16H2,1-5H3. The number of hydrogen-bond acceptors (Lipinski definition) is 3. The Hall–Kier alpha value is -1.39. The second kappa shape index (κ2) is 8.96. The average Bonchev–Trinajstić information content (AvgIpc) is 3.18. The molecule has 0 aromatic heterocycles. The van der Waals surface area contributed by atoms with Crippen molar-refractivity contribution in [1.82, 2.24) is 0 Å². The lowest BCUT2D eigenvalue weighted by molar-refractivity contribution is -0.120. The van der Waals surface area contributed by atoms with Crippen LogP contribution in [0, 0.1) is 29.1 Å². The summed E-state index contributed by atoms with van der Waals surface area (Å²) < 4.78 is 12.7. The van der Waals surface area contributed by atoms with E-state index in [2.05, 4.69) is 46.0 Å². The van der Waals surface area contributed by atoms with Crippen molar-refractivity contribution in [2.75, 3.05) is 0 Å². The number of hydrogen-bond donors (Lipinski definition) is 0. The first kappa shape index (κ1) is 21.3. The molecule has 3 nitrogen and oxygen atoms in total. The van der Waals surface area contributed by atoms with E-state index in [1.807, 2.05) is 30.3 Å². The van der Waals surface area contributed by atoms with Crippen molar-refractivity contribution in [3.8, 4) is 5.75 Å². The van der Waals surface area contributed by atoms with Crippen molar-refractivity contribution in [3.63, 3.8) is 0 Å². The number of Topliss-reactive ketones (excluding diaryl/α,β-unsaturated/α-hetero) is 1. The van der Waals surface area contributed by atoms with Crippen LogP contribution >= 0.6 is 0 Å². The number of rotatable bonds is 7. The van der Waals surface area contributed by atoms with Crippen LogP contribution in [0.2, 0.25) is 13.1 Å². The molecule has 0 saturated heterocycles. The van der Waals surface area contributed by atoms with E-state index >= 15 is 0 Å². The molecule has 0 radical (unpaired) electrons. The molecular formula is C24H36O3Si. The third-order valence-electron chi connectivity index (χ3n) is 6.28. The van der Waals surface area contributed by atoms with Crippen molar-refractivity contribution < 1.29 is 14.0 Å². The Labute approximate surface area is 172 Å². The number of carbonyl (C=O) groups excluding carboxylic acids is 1. The maximum Gasteiger partial charge on any atom is 0.197 e. The SMILES string of the molecule is C[SiH](C)OC(Oc1ccccc1)C(C=CC1CCC2C(=O)CCC12)C(C)(C)C. The van der Waals surface area contributed by atoms with E-state index in [0.29, 0.717) is 23.5 Å². The van der Waals surface area contributed by atoms with Gasteiger partial charge in [0.05, 0.1) is 0 Å². The minimum absolute atomic E-state index is 0.0166. The highest BCUT2D eigenvalue weighted by atomic mass is 28.3. The molecule has 5 atom stereocenters. The molecule has 1 aromatic rings. The first-order chi connectivity index (χ1) is 13.3. The molecule has 2 saturated carbocycles. The maximum atomic E-state index is 12.1. The smallest absolute Gasteiger partial charge is 0.197 e. The molecule has 0 heterocycles. The number of para-hydroxylation sites is 1. The Balaban J connectivity index is 1.79. The largest absolute Gasteiger partial charge is 0.465 e. The lowest BCUT2D eigenvalue weighted by Crippen LogP contribution is -2.39. The monoisotopic (exact) mass is 400 g/mol. The molecule has 0 N–H and O–H groups in total. The third kappa shape index (κ3) is 5.15. The molecule has 2 aliphatic carbocycles. The highest BCUT2D eigenvalue weighted by molar-refractivity contribution is 6.48. The van der Waals surface area contributed by atoms with Crippen LogP contribution in [0.3, 0.4) is 0 Å². The van der Waals surface area contributed by atoms with Gasteiger partial charge in [-0.2, -0.15) is 0 Å². The summed E-state index contributed by atoms with van der Waals surface area (Å²) in [6.07, 6.45) is 8.48. The summed E-state index contributed by atoms with van der Waals surface area (Å²) in [5, 5.41) is 0. The predicted octanol–water partition coefficient (Wildman–Crippen LogP) is 5.62. The fourth-order valence-corrected chi connectivity index (χ4v) is 5.55. The van der Waals surface area contributed by atoms with Crippen molar-refractivity contribution >= 4 is 14.8 Å². The van der Waals surface area contributed by atoms with Crippen molar-refractivity contribution in [2.24, 2.45) is 29.1 Å². The molecule has 0 amide bonds.